The summed E-state index contributed by atoms with van der Waals surface area (Å²) in [6.45, 7) is 5.07. The summed E-state index contributed by atoms with van der Waals surface area (Å²) in [5.74, 6) is -0.352. The number of nitrogens with zero attached hydrogens (tertiary/aromatic N) is 2. The molecule has 0 saturated heterocycles. The van der Waals surface area contributed by atoms with Crippen molar-refractivity contribution in [2.45, 2.75) is 44.6 Å². The quantitative estimate of drug-likeness (QED) is 0.683. The second kappa shape index (κ2) is 7.05. The Morgan fingerprint density at radius 3 is 2.26 bits per heavy atom. The third-order valence-corrected chi connectivity index (χ3v) is 6.85. The van der Waals surface area contributed by atoms with E-state index in [4.69, 9.17) is 0 Å². The van der Waals surface area contributed by atoms with Gasteiger partial charge in [-0.3, -0.25) is 9.59 Å². The van der Waals surface area contributed by atoms with E-state index in [-0.39, 0.29) is 23.0 Å². The number of carbonyl (C=O) groups excluding carboxylic acids is 2. The van der Waals surface area contributed by atoms with E-state index in [1.54, 1.807) is 0 Å². The summed E-state index contributed by atoms with van der Waals surface area (Å²) >= 11 is 0. The number of aryl methyl sites for hydroxylation is 1. The molecule has 1 heterocycles. The summed E-state index contributed by atoms with van der Waals surface area (Å²) in [6.07, 6.45) is 2.24. The Kier molecular flexibility index (Phi) is 5.10. The minimum Gasteiger partial charge on any atom is -0.345 e. The fraction of sp³-hybridized carbons (Fsp3) is 0.400. The average Bonchev–Trinajstić information content (AvgIpc) is 3.39. The highest BCUT2D eigenvalue weighted by Gasteiger charge is 2.30. The van der Waals surface area contributed by atoms with Gasteiger partial charge in [0.1, 0.15) is 0 Å². The molecule has 0 unspecified atom stereocenters. The molecule has 0 radical (unpaired) electrons. The molecule has 2 aromatic rings. The topological polar surface area (TPSA) is 76.5 Å². The summed E-state index contributed by atoms with van der Waals surface area (Å²) in [7, 11) is -2.42. The number of likely N-dealkylation sites (N-methyl/N-ethyl adjacent to an activating group) is 1. The highest BCUT2D eigenvalue weighted by atomic mass is 32.2. The number of benzene rings is 1. The van der Waals surface area contributed by atoms with Gasteiger partial charge in [-0.15, -0.1) is 0 Å². The Hall–Kier alpha value is -2.25. The van der Waals surface area contributed by atoms with E-state index in [0.29, 0.717) is 17.2 Å². The van der Waals surface area contributed by atoms with Gasteiger partial charge in [0.15, 0.2) is 11.6 Å². The molecule has 0 amide bonds. The number of sulfonamides is 1. The van der Waals surface area contributed by atoms with E-state index in [1.165, 1.54) is 38.2 Å². The first-order chi connectivity index (χ1) is 12.6. The summed E-state index contributed by atoms with van der Waals surface area (Å²) < 4.78 is 28.7. The van der Waals surface area contributed by atoms with Gasteiger partial charge < -0.3 is 4.57 Å². The van der Waals surface area contributed by atoms with Gasteiger partial charge in [0.2, 0.25) is 10.0 Å². The minimum atomic E-state index is -3.81. The first-order valence-corrected chi connectivity index (χ1v) is 10.4. The lowest BCUT2D eigenvalue weighted by Gasteiger charge is -2.17. The van der Waals surface area contributed by atoms with Crippen molar-refractivity contribution in [1.29, 1.82) is 0 Å². The standard InChI is InChI=1S/C20H24N2O4S/c1-13-11-19(14(2)22(13)17-7-8-17)20(24)12-21(4)27(25,26)18-9-5-16(6-10-18)15(3)23/h5-6,9-11,17H,7-8,12H2,1-4H3. The van der Waals surface area contributed by atoms with Gasteiger partial charge in [-0.1, -0.05) is 12.1 Å². The lowest BCUT2D eigenvalue weighted by atomic mass is 10.1. The molecule has 144 valence electrons. The van der Waals surface area contributed by atoms with E-state index < -0.39 is 10.0 Å². The minimum absolute atomic E-state index is 0.0613. The van der Waals surface area contributed by atoms with Crippen molar-refractivity contribution in [3.63, 3.8) is 0 Å². The van der Waals surface area contributed by atoms with E-state index in [2.05, 4.69) is 4.57 Å². The average molecular weight is 388 g/mol. The molecule has 0 spiro atoms. The number of aromatic nitrogens is 1. The van der Waals surface area contributed by atoms with Crippen LogP contribution in [-0.2, 0) is 10.0 Å². The number of rotatable bonds is 7. The molecular formula is C20H24N2O4S. The zero-order valence-electron chi connectivity index (χ0n) is 16.0. The Balaban J connectivity index is 1.79. The van der Waals surface area contributed by atoms with Crippen LogP contribution in [0.1, 0.15) is 57.9 Å². The van der Waals surface area contributed by atoms with Crippen LogP contribution in [0.25, 0.3) is 0 Å². The first-order valence-electron chi connectivity index (χ1n) is 8.92. The maximum Gasteiger partial charge on any atom is 0.243 e. The molecule has 7 heteroatoms. The molecule has 0 atom stereocenters. The summed E-state index contributed by atoms with van der Waals surface area (Å²) in [5.41, 5.74) is 2.95. The van der Waals surface area contributed by atoms with Crippen LogP contribution in [0.5, 0.6) is 0 Å². The Bertz CT molecular complexity index is 999. The number of hydrogen-bond donors (Lipinski definition) is 0. The molecule has 3 rings (SSSR count). The number of carbonyl (C=O) groups is 2. The fourth-order valence-electron chi connectivity index (χ4n) is 3.37. The monoisotopic (exact) mass is 388 g/mol. The van der Waals surface area contributed by atoms with Crippen molar-refractivity contribution in [3.05, 3.63) is 52.8 Å². The van der Waals surface area contributed by atoms with Crippen molar-refractivity contribution in [2.24, 2.45) is 0 Å². The summed E-state index contributed by atoms with van der Waals surface area (Å²) in [4.78, 5) is 24.2. The highest BCUT2D eigenvalue weighted by molar-refractivity contribution is 7.89. The van der Waals surface area contributed by atoms with Crippen LogP contribution in [0, 0.1) is 13.8 Å². The van der Waals surface area contributed by atoms with Crippen molar-refractivity contribution in [2.75, 3.05) is 13.6 Å². The van der Waals surface area contributed by atoms with Crippen LogP contribution in [0.15, 0.2) is 35.2 Å². The number of Topliss-reactive ketones (excluding diaryl/α,β-unsaturated/α-hetero) is 2. The van der Waals surface area contributed by atoms with Gasteiger partial charge in [-0.2, -0.15) is 4.31 Å². The van der Waals surface area contributed by atoms with E-state index in [9.17, 15) is 18.0 Å². The second-order valence-corrected chi connectivity index (χ2v) is 9.20. The third-order valence-electron chi connectivity index (χ3n) is 5.03. The van der Waals surface area contributed by atoms with Crippen molar-refractivity contribution in [3.8, 4) is 0 Å². The lowest BCUT2D eigenvalue weighted by molar-refractivity contribution is 0.0971. The second-order valence-electron chi connectivity index (χ2n) is 7.15. The smallest absolute Gasteiger partial charge is 0.243 e. The molecule has 0 aliphatic heterocycles. The van der Waals surface area contributed by atoms with E-state index in [1.807, 2.05) is 19.9 Å². The van der Waals surface area contributed by atoms with Crippen molar-refractivity contribution in [1.82, 2.24) is 8.87 Å². The normalized spacial score (nSPS) is 14.6. The van der Waals surface area contributed by atoms with Gasteiger partial charge >= 0.3 is 0 Å². The Morgan fingerprint density at radius 2 is 1.74 bits per heavy atom. The zero-order valence-corrected chi connectivity index (χ0v) is 16.8. The van der Waals surface area contributed by atoms with E-state index in [0.717, 1.165) is 28.5 Å². The SMILES string of the molecule is CC(=O)c1ccc(S(=O)(=O)N(C)CC(=O)c2cc(C)n(C3CC3)c2C)cc1. The van der Waals surface area contributed by atoms with Crippen molar-refractivity contribution < 1.29 is 18.0 Å². The van der Waals surface area contributed by atoms with Gasteiger partial charge in [-0.25, -0.2) is 8.42 Å². The van der Waals surface area contributed by atoms with Crippen LogP contribution in [-0.4, -0.2) is 42.4 Å². The molecule has 6 nitrogen and oxygen atoms in total. The maximum atomic E-state index is 12.7. The number of ketones is 2. The largest absolute Gasteiger partial charge is 0.345 e. The molecule has 27 heavy (non-hydrogen) atoms. The molecule has 1 aromatic carbocycles. The van der Waals surface area contributed by atoms with Crippen LogP contribution in [0.3, 0.4) is 0 Å². The predicted molar refractivity (Wildman–Crippen MR) is 103 cm³/mol. The zero-order chi connectivity index (χ0) is 19.9. The molecule has 1 aliphatic rings. The molecule has 1 saturated carbocycles. The Morgan fingerprint density at radius 1 is 1.15 bits per heavy atom. The Labute approximate surface area is 159 Å². The molecule has 1 fully saturated rings. The molecule has 0 N–H and O–H groups in total. The van der Waals surface area contributed by atoms with Gasteiger partial charge in [0, 0.05) is 35.6 Å². The first kappa shape index (κ1) is 19.5. The van der Waals surface area contributed by atoms with Gasteiger partial charge in [-0.05, 0) is 51.8 Å². The van der Waals surface area contributed by atoms with Crippen LogP contribution in [0.4, 0.5) is 0 Å². The predicted octanol–water partition coefficient (Wildman–Crippen LogP) is 3.15. The van der Waals surface area contributed by atoms with Crippen molar-refractivity contribution >= 4 is 21.6 Å². The van der Waals surface area contributed by atoms with E-state index >= 15 is 0 Å². The fourth-order valence-corrected chi connectivity index (χ4v) is 4.50. The molecule has 1 aromatic heterocycles. The van der Waals surface area contributed by atoms with Crippen LogP contribution < -0.4 is 0 Å². The van der Waals surface area contributed by atoms with Gasteiger partial charge in [0.25, 0.3) is 0 Å². The highest BCUT2D eigenvalue weighted by Crippen LogP contribution is 2.38. The third kappa shape index (κ3) is 3.75. The lowest BCUT2D eigenvalue weighted by Crippen LogP contribution is -2.32. The molecule has 0 bridgehead atoms. The van der Waals surface area contributed by atoms with Gasteiger partial charge in [0.05, 0.1) is 11.4 Å². The molecular weight excluding hydrogens is 364 g/mol. The number of hydrogen-bond acceptors (Lipinski definition) is 4. The maximum absolute atomic E-state index is 12.7. The van der Waals surface area contributed by atoms with Crippen LogP contribution >= 0.6 is 0 Å². The molecule has 1 aliphatic carbocycles. The summed E-state index contributed by atoms with van der Waals surface area (Å²) in [5, 5.41) is 0. The van der Waals surface area contributed by atoms with Crippen LogP contribution in [0.2, 0.25) is 0 Å². The summed E-state index contributed by atoms with van der Waals surface area (Å²) in [6, 6.07) is 8.06.